The predicted octanol–water partition coefficient (Wildman–Crippen LogP) is 2.80. The highest BCUT2D eigenvalue weighted by Gasteiger charge is 2.43. The van der Waals surface area contributed by atoms with E-state index in [-0.39, 0.29) is 17.4 Å². The summed E-state index contributed by atoms with van der Waals surface area (Å²) >= 11 is 5.95. The van der Waals surface area contributed by atoms with E-state index in [1.807, 2.05) is 0 Å². The summed E-state index contributed by atoms with van der Waals surface area (Å²) in [5.74, 6) is -3.81. The molecule has 0 bridgehead atoms. The molecule has 2 aromatic heterocycles. The molecule has 0 amide bonds. The third kappa shape index (κ3) is 2.50. The van der Waals surface area contributed by atoms with Crippen LogP contribution in [0.25, 0.3) is 10.9 Å². The quantitative estimate of drug-likeness (QED) is 0.677. The monoisotopic (exact) mass is 368 g/mol. The lowest BCUT2D eigenvalue weighted by molar-refractivity contribution is -0.140. The molecule has 130 valence electrons. The molecular formula is C19H13ClN2O4. The minimum atomic E-state index is -1.32. The zero-order valence-corrected chi connectivity index (χ0v) is 14.2. The van der Waals surface area contributed by atoms with E-state index < -0.39 is 29.0 Å². The van der Waals surface area contributed by atoms with Crippen LogP contribution in [0.2, 0.25) is 5.02 Å². The molecule has 1 aromatic carbocycles. The highest BCUT2D eigenvalue weighted by Crippen LogP contribution is 2.36. The zero-order chi connectivity index (χ0) is 18.4. The highest BCUT2D eigenvalue weighted by atomic mass is 35.5. The second-order valence-electron chi connectivity index (χ2n) is 6.27. The van der Waals surface area contributed by atoms with Crippen molar-refractivity contribution in [1.29, 1.82) is 0 Å². The molecular weight excluding hydrogens is 356 g/mol. The molecule has 3 aromatic rings. The van der Waals surface area contributed by atoms with Gasteiger partial charge in [0.25, 0.3) is 0 Å². The molecule has 0 aliphatic heterocycles. The first-order chi connectivity index (χ1) is 12.5. The van der Waals surface area contributed by atoms with Gasteiger partial charge in [0.15, 0.2) is 5.78 Å². The van der Waals surface area contributed by atoms with Crippen LogP contribution in [0.1, 0.15) is 27.5 Å². The fourth-order valence-electron chi connectivity index (χ4n) is 3.60. The Morgan fingerprint density at radius 3 is 2.62 bits per heavy atom. The van der Waals surface area contributed by atoms with E-state index in [1.54, 1.807) is 36.7 Å². The van der Waals surface area contributed by atoms with Crippen molar-refractivity contribution in [3.8, 4) is 0 Å². The first-order valence-corrected chi connectivity index (χ1v) is 8.36. The van der Waals surface area contributed by atoms with Gasteiger partial charge in [0, 0.05) is 39.9 Å². The van der Waals surface area contributed by atoms with E-state index in [4.69, 9.17) is 11.6 Å². The highest BCUT2D eigenvalue weighted by molar-refractivity contribution is 6.31. The number of aromatic nitrogens is 2. The van der Waals surface area contributed by atoms with Crippen molar-refractivity contribution < 1.29 is 14.7 Å². The summed E-state index contributed by atoms with van der Waals surface area (Å²) in [4.78, 5) is 44.7. The Balaban J connectivity index is 1.96. The van der Waals surface area contributed by atoms with Gasteiger partial charge >= 0.3 is 5.97 Å². The maximum absolute atomic E-state index is 12.9. The maximum atomic E-state index is 12.9. The maximum Gasteiger partial charge on any atom is 0.315 e. The SMILES string of the molecule is O=C(O)C1C(=O)c2c([nH]c3ccc(Cl)cc3c2=O)CC1c1ccncc1. The van der Waals surface area contributed by atoms with Crippen molar-refractivity contribution in [3.63, 3.8) is 0 Å². The number of hydrogen-bond acceptors (Lipinski definition) is 4. The number of nitrogens with one attached hydrogen (secondary N) is 1. The first-order valence-electron chi connectivity index (χ1n) is 7.98. The van der Waals surface area contributed by atoms with Gasteiger partial charge in [-0.2, -0.15) is 0 Å². The Morgan fingerprint density at radius 1 is 1.19 bits per heavy atom. The Kier molecular flexibility index (Phi) is 3.85. The average molecular weight is 369 g/mol. The standard InChI is InChI=1S/C19H13ClN2O4/c20-10-1-2-13-12(7-10)17(23)16-14(22-13)8-11(9-3-5-21-6-4-9)15(18(16)24)19(25)26/h1-7,11,15H,8H2,(H,22,23)(H,25,26). The third-order valence-corrected chi connectivity index (χ3v) is 5.03. The molecule has 6 nitrogen and oxygen atoms in total. The Hall–Kier alpha value is -2.99. The van der Waals surface area contributed by atoms with Crippen molar-refractivity contribution in [3.05, 3.63) is 74.8 Å². The van der Waals surface area contributed by atoms with Crippen molar-refractivity contribution in [1.82, 2.24) is 9.97 Å². The minimum Gasteiger partial charge on any atom is -0.481 e. The number of benzene rings is 1. The summed E-state index contributed by atoms with van der Waals surface area (Å²) in [6, 6.07) is 8.19. The number of halogens is 1. The number of aromatic amines is 1. The lowest BCUT2D eigenvalue weighted by Gasteiger charge is -2.29. The van der Waals surface area contributed by atoms with E-state index in [1.165, 1.54) is 6.07 Å². The number of carbonyl (C=O) groups excluding carboxylic acids is 1. The number of aliphatic carboxylic acids is 1. The number of ketones is 1. The zero-order valence-electron chi connectivity index (χ0n) is 13.4. The Morgan fingerprint density at radius 2 is 1.92 bits per heavy atom. The number of Topliss-reactive ketones (excluding diaryl/α,β-unsaturated/α-hetero) is 1. The molecule has 0 radical (unpaired) electrons. The predicted molar refractivity (Wildman–Crippen MR) is 95.7 cm³/mol. The number of rotatable bonds is 2. The van der Waals surface area contributed by atoms with Gasteiger partial charge in [-0.25, -0.2) is 0 Å². The van der Waals surface area contributed by atoms with Crippen molar-refractivity contribution in [2.45, 2.75) is 12.3 Å². The number of carboxylic acid groups (broad SMARTS) is 1. The first kappa shape index (κ1) is 16.5. The van der Waals surface area contributed by atoms with E-state index in [2.05, 4.69) is 9.97 Å². The third-order valence-electron chi connectivity index (χ3n) is 4.80. The van der Waals surface area contributed by atoms with Crippen molar-refractivity contribution >= 4 is 34.3 Å². The molecule has 0 fully saturated rings. The molecule has 0 saturated carbocycles. The van der Waals surface area contributed by atoms with Gasteiger partial charge in [0.05, 0.1) is 5.56 Å². The van der Waals surface area contributed by atoms with Crippen LogP contribution in [0.15, 0.2) is 47.5 Å². The number of H-pyrrole nitrogens is 1. The summed E-state index contributed by atoms with van der Waals surface area (Å²) in [6.07, 6.45) is 3.36. The van der Waals surface area contributed by atoms with Crippen LogP contribution in [-0.2, 0) is 11.2 Å². The van der Waals surface area contributed by atoms with Crippen LogP contribution in [0.3, 0.4) is 0 Å². The van der Waals surface area contributed by atoms with Crippen molar-refractivity contribution in [2.75, 3.05) is 0 Å². The molecule has 4 rings (SSSR count). The van der Waals surface area contributed by atoms with E-state index in [9.17, 15) is 19.5 Å². The smallest absolute Gasteiger partial charge is 0.315 e. The number of nitrogens with zero attached hydrogens (tertiary/aromatic N) is 1. The Labute approximate surface area is 152 Å². The van der Waals surface area contributed by atoms with Crippen LogP contribution in [0.4, 0.5) is 0 Å². The molecule has 0 spiro atoms. The minimum absolute atomic E-state index is 0.0857. The normalized spacial score (nSPS) is 19.3. The number of hydrogen-bond donors (Lipinski definition) is 2. The van der Waals surface area contributed by atoms with Crippen LogP contribution in [-0.4, -0.2) is 26.8 Å². The fraction of sp³-hybridized carbons (Fsp3) is 0.158. The molecule has 2 N–H and O–H groups in total. The summed E-state index contributed by atoms with van der Waals surface area (Å²) in [6.45, 7) is 0. The molecule has 1 aliphatic rings. The van der Waals surface area contributed by atoms with Crippen LogP contribution < -0.4 is 5.43 Å². The molecule has 2 unspecified atom stereocenters. The van der Waals surface area contributed by atoms with Gasteiger partial charge in [0.1, 0.15) is 5.92 Å². The average Bonchev–Trinajstić information content (AvgIpc) is 2.62. The number of fused-ring (bicyclic) bond motifs is 2. The van der Waals surface area contributed by atoms with Crippen LogP contribution in [0.5, 0.6) is 0 Å². The summed E-state index contributed by atoms with van der Waals surface area (Å²) < 4.78 is 0. The number of carboxylic acids is 1. The lowest BCUT2D eigenvalue weighted by Crippen LogP contribution is -2.39. The molecule has 1 aliphatic carbocycles. The van der Waals surface area contributed by atoms with Crippen LogP contribution >= 0.6 is 11.6 Å². The summed E-state index contributed by atoms with van der Waals surface area (Å²) in [5, 5.41) is 10.3. The lowest BCUT2D eigenvalue weighted by atomic mass is 9.73. The van der Waals surface area contributed by atoms with E-state index in [0.717, 1.165) is 0 Å². The van der Waals surface area contributed by atoms with E-state index in [0.29, 0.717) is 21.8 Å². The second-order valence-corrected chi connectivity index (χ2v) is 6.71. The van der Waals surface area contributed by atoms with Crippen LogP contribution in [0, 0.1) is 5.92 Å². The number of pyridine rings is 2. The van der Waals surface area contributed by atoms with Gasteiger partial charge in [-0.05, 0) is 42.3 Å². The molecule has 0 saturated heterocycles. The van der Waals surface area contributed by atoms with Gasteiger partial charge < -0.3 is 10.1 Å². The number of carbonyl (C=O) groups is 2. The molecule has 2 heterocycles. The van der Waals surface area contributed by atoms with Gasteiger partial charge in [-0.1, -0.05) is 11.6 Å². The summed E-state index contributed by atoms with van der Waals surface area (Å²) in [5.41, 5.74) is 1.14. The molecule has 2 atom stereocenters. The molecule has 7 heteroatoms. The van der Waals surface area contributed by atoms with Crippen molar-refractivity contribution in [2.24, 2.45) is 5.92 Å². The van der Waals surface area contributed by atoms with E-state index >= 15 is 0 Å². The summed E-state index contributed by atoms with van der Waals surface area (Å²) in [7, 11) is 0. The van der Waals surface area contributed by atoms with Gasteiger partial charge in [-0.15, -0.1) is 0 Å². The molecule has 26 heavy (non-hydrogen) atoms. The Bertz CT molecular complexity index is 1110. The second kappa shape index (κ2) is 6.07. The topological polar surface area (TPSA) is 100 Å². The largest absolute Gasteiger partial charge is 0.481 e. The van der Waals surface area contributed by atoms with Gasteiger partial charge in [0.2, 0.25) is 5.43 Å². The van der Waals surface area contributed by atoms with Gasteiger partial charge in [-0.3, -0.25) is 19.4 Å². The fourth-order valence-corrected chi connectivity index (χ4v) is 3.78.